The van der Waals surface area contributed by atoms with Crippen LogP contribution in [0.1, 0.15) is 26.7 Å². The summed E-state index contributed by atoms with van der Waals surface area (Å²) in [5, 5.41) is 0. The Kier molecular flexibility index (Phi) is 7.23. The summed E-state index contributed by atoms with van der Waals surface area (Å²) in [4.78, 5) is 2.25. The van der Waals surface area contributed by atoms with Gasteiger partial charge in [-0.25, -0.2) is 4.72 Å². The second-order valence-electron chi connectivity index (χ2n) is 5.03. The van der Waals surface area contributed by atoms with Crippen LogP contribution in [0, 0.1) is 0 Å². The van der Waals surface area contributed by atoms with Gasteiger partial charge in [0.25, 0.3) is 10.2 Å². The van der Waals surface area contributed by atoms with Crippen molar-refractivity contribution < 1.29 is 13.2 Å². The second-order valence-corrected chi connectivity index (χ2v) is 6.89. The highest BCUT2D eigenvalue weighted by atomic mass is 32.2. The fourth-order valence-corrected chi connectivity index (χ4v) is 3.03. The van der Waals surface area contributed by atoms with Gasteiger partial charge in [0.2, 0.25) is 0 Å². The predicted octanol–water partition coefficient (Wildman–Crippen LogP) is 0.273. The number of morpholine rings is 1. The molecule has 7 heteroatoms. The van der Waals surface area contributed by atoms with Crippen molar-refractivity contribution >= 4 is 10.2 Å². The van der Waals surface area contributed by atoms with Crippen LogP contribution < -0.4 is 4.72 Å². The quantitative estimate of drug-likeness (QED) is 0.698. The Balaban J connectivity index is 2.36. The molecule has 114 valence electrons. The molecule has 1 N–H and O–H groups in total. The van der Waals surface area contributed by atoms with E-state index in [4.69, 9.17) is 4.74 Å². The van der Waals surface area contributed by atoms with Gasteiger partial charge in [-0.2, -0.15) is 12.7 Å². The summed E-state index contributed by atoms with van der Waals surface area (Å²) in [5.41, 5.74) is 0. The lowest BCUT2D eigenvalue weighted by Gasteiger charge is -2.32. The molecule has 0 spiro atoms. The van der Waals surface area contributed by atoms with E-state index < -0.39 is 10.2 Å². The van der Waals surface area contributed by atoms with Gasteiger partial charge in [-0.1, -0.05) is 13.3 Å². The minimum absolute atomic E-state index is 0.193. The monoisotopic (exact) mass is 293 g/mol. The molecule has 1 saturated heterocycles. The van der Waals surface area contributed by atoms with Crippen molar-refractivity contribution in [2.24, 2.45) is 0 Å². The molecule has 1 atom stereocenters. The molecule has 0 unspecified atom stereocenters. The summed E-state index contributed by atoms with van der Waals surface area (Å²) in [5.74, 6) is 0. The number of hydrogen-bond acceptors (Lipinski definition) is 4. The van der Waals surface area contributed by atoms with Gasteiger partial charge in [0, 0.05) is 39.3 Å². The fourth-order valence-electron chi connectivity index (χ4n) is 1.98. The van der Waals surface area contributed by atoms with Crippen LogP contribution in [0.15, 0.2) is 0 Å². The SMILES string of the molecule is CCCCN(C)S(=O)(=O)NC[C@@H](C)N1CCOCC1. The molecule has 0 aliphatic carbocycles. The Hall–Kier alpha value is -0.210. The summed E-state index contributed by atoms with van der Waals surface area (Å²) in [6.45, 7) is 8.30. The van der Waals surface area contributed by atoms with Crippen LogP contribution in [0.25, 0.3) is 0 Å². The average molecular weight is 293 g/mol. The topological polar surface area (TPSA) is 61.9 Å². The van der Waals surface area contributed by atoms with Crippen LogP contribution in [0.5, 0.6) is 0 Å². The van der Waals surface area contributed by atoms with Crippen molar-refractivity contribution in [1.29, 1.82) is 0 Å². The maximum atomic E-state index is 12.0. The largest absolute Gasteiger partial charge is 0.379 e. The number of nitrogens with zero attached hydrogens (tertiary/aromatic N) is 2. The molecule has 1 heterocycles. The molecule has 1 aliphatic rings. The third-order valence-electron chi connectivity index (χ3n) is 3.47. The molecule has 0 radical (unpaired) electrons. The molecule has 19 heavy (non-hydrogen) atoms. The van der Waals surface area contributed by atoms with Gasteiger partial charge >= 0.3 is 0 Å². The van der Waals surface area contributed by atoms with Gasteiger partial charge < -0.3 is 4.74 Å². The molecular formula is C12H27N3O3S. The molecule has 0 bridgehead atoms. The zero-order chi connectivity index (χ0) is 14.3. The zero-order valence-corrected chi connectivity index (χ0v) is 13.1. The smallest absolute Gasteiger partial charge is 0.279 e. The van der Waals surface area contributed by atoms with E-state index in [0.29, 0.717) is 13.1 Å². The van der Waals surface area contributed by atoms with Crippen LogP contribution in [0.2, 0.25) is 0 Å². The molecule has 0 amide bonds. The van der Waals surface area contributed by atoms with Crippen molar-refractivity contribution in [3.63, 3.8) is 0 Å². The maximum absolute atomic E-state index is 12.0. The van der Waals surface area contributed by atoms with E-state index in [0.717, 1.165) is 39.1 Å². The maximum Gasteiger partial charge on any atom is 0.279 e. The summed E-state index contributed by atoms with van der Waals surface area (Å²) in [6, 6.07) is 0.193. The first-order valence-corrected chi connectivity index (χ1v) is 8.44. The Bertz CT molecular complexity index is 342. The van der Waals surface area contributed by atoms with Gasteiger partial charge in [-0.05, 0) is 13.3 Å². The van der Waals surface area contributed by atoms with Crippen LogP contribution in [0.4, 0.5) is 0 Å². The highest BCUT2D eigenvalue weighted by Gasteiger charge is 2.21. The first-order valence-electron chi connectivity index (χ1n) is 7.00. The molecule has 0 aromatic rings. The standard InChI is InChI=1S/C12H27N3O3S/c1-4-5-6-14(3)19(16,17)13-11-12(2)15-7-9-18-10-8-15/h12-13H,4-11H2,1-3H3/t12-/m1/s1. The lowest BCUT2D eigenvalue weighted by Crippen LogP contribution is -2.49. The van der Waals surface area contributed by atoms with Crippen molar-refractivity contribution in [3.05, 3.63) is 0 Å². The lowest BCUT2D eigenvalue weighted by atomic mass is 10.2. The van der Waals surface area contributed by atoms with E-state index in [1.54, 1.807) is 7.05 Å². The molecule has 0 aromatic carbocycles. The van der Waals surface area contributed by atoms with Crippen LogP contribution in [-0.2, 0) is 14.9 Å². The first-order chi connectivity index (χ1) is 8.97. The summed E-state index contributed by atoms with van der Waals surface area (Å²) in [6.07, 6.45) is 1.88. The number of hydrogen-bond donors (Lipinski definition) is 1. The Morgan fingerprint density at radius 1 is 1.37 bits per heavy atom. The highest BCUT2D eigenvalue weighted by molar-refractivity contribution is 7.87. The third-order valence-corrected chi connectivity index (χ3v) is 5.00. The van der Waals surface area contributed by atoms with Crippen molar-refractivity contribution in [3.8, 4) is 0 Å². The Morgan fingerprint density at radius 2 is 2.00 bits per heavy atom. The van der Waals surface area contributed by atoms with Gasteiger partial charge in [-0.15, -0.1) is 0 Å². The number of unbranched alkanes of at least 4 members (excludes halogenated alkanes) is 1. The van der Waals surface area contributed by atoms with E-state index >= 15 is 0 Å². The van der Waals surface area contributed by atoms with E-state index in [2.05, 4.69) is 9.62 Å². The molecule has 0 saturated carbocycles. The van der Waals surface area contributed by atoms with E-state index in [1.165, 1.54) is 4.31 Å². The van der Waals surface area contributed by atoms with Crippen molar-refractivity contribution in [2.45, 2.75) is 32.7 Å². The molecule has 0 aromatic heterocycles. The molecule has 6 nitrogen and oxygen atoms in total. The first kappa shape index (κ1) is 16.8. The predicted molar refractivity (Wildman–Crippen MR) is 76.3 cm³/mol. The fraction of sp³-hybridized carbons (Fsp3) is 1.00. The molecule has 1 aliphatic heterocycles. The van der Waals surface area contributed by atoms with Crippen molar-refractivity contribution in [2.75, 3.05) is 46.4 Å². The number of nitrogens with one attached hydrogen (secondary N) is 1. The molecular weight excluding hydrogens is 266 g/mol. The number of rotatable bonds is 8. The van der Waals surface area contributed by atoms with Crippen LogP contribution in [-0.4, -0.2) is 70.1 Å². The Morgan fingerprint density at radius 3 is 2.58 bits per heavy atom. The highest BCUT2D eigenvalue weighted by Crippen LogP contribution is 2.04. The second kappa shape index (κ2) is 8.16. The lowest BCUT2D eigenvalue weighted by molar-refractivity contribution is 0.0213. The molecule has 1 fully saturated rings. The minimum atomic E-state index is -3.34. The van der Waals surface area contributed by atoms with Crippen molar-refractivity contribution in [1.82, 2.24) is 13.9 Å². The van der Waals surface area contributed by atoms with E-state index in [-0.39, 0.29) is 6.04 Å². The van der Waals surface area contributed by atoms with Crippen LogP contribution in [0.3, 0.4) is 0 Å². The number of ether oxygens (including phenoxy) is 1. The van der Waals surface area contributed by atoms with Gasteiger partial charge in [0.1, 0.15) is 0 Å². The van der Waals surface area contributed by atoms with Gasteiger partial charge in [0.15, 0.2) is 0 Å². The summed E-state index contributed by atoms with van der Waals surface area (Å²) >= 11 is 0. The van der Waals surface area contributed by atoms with E-state index in [1.807, 2.05) is 13.8 Å². The average Bonchev–Trinajstić information content (AvgIpc) is 2.43. The zero-order valence-electron chi connectivity index (χ0n) is 12.3. The normalized spacial score (nSPS) is 19.8. The summed E-state index contributed by atoms with van der Waals surface area (Å²) < 4.78 is 33.4. The minimum Gasteiger partial charge on any atom is -0.379 e. The van der Waals surface area contributed by atoms with E-state index in [9.17, 15) is 8.42 Å². The molecule has 1 rings (SSSR count). The van der Waals surface area contributed by atoms with Gasteiger partial charge in [0.05, 0.1) is 13.2 Å². The third kappa shape index (κ3) is 5.74. The van der Waals surface area contributed by atoms with Gasteiger partial charge in [-0.3, -0.25) is 4.90 Å². The van der Waals surface area contributed by atoms with Crippen LogP contribution >= 0.6 is 0 Å². The Labute approximate surface area is 117 Å². The summed E-state index contributed by atoms with van der Waals surface area (Å²) in [7, 11) is -1.72.